The van der Waals surface area contributed by atoms with E-state index in [9.17, 15) is 8.78 Å². The summed E-state index contributed by atoms with van der Waals surface area (Å²) in [7, 11) is 0. The molecule has 0 aliphatic rings. The van der Waals surface area contributed by atoms with E-state index in [2.05, 4.69) is 4.98 Å². The zero-order valence-corrected chi connectivity index (χ0v) is 10.0. The second-order valence-corrected chi connectivity index (χ2v) is 5.54. The van der Waals surface area contributed by atoms with Crippen LogP contribution in [0.4, 0.5) is 8.78 Å². The number of rotatable bonds is 3. The summed E-state index contributed by atoms with van der Waals surface area (Å²) in [4.78, 5) is 3.64. The molecule has 0 fully saturated rings. The van der Waals surface area contributed by atoms with Crippen molar-refractivity contribution in [2.45, 2.75) is 6.43 Å². The van der Waals surface area contributed by atoms with E-state index in [0.29, 0.717) is 0 Å². The van der Waals surface area contributed by atoms with Gasteiger partial charge in [-0.05, 0) is 0 Å². The number of benzene rings is 1. The molecule has 0 saturated carbocycles. The van der Waals surface area contributed by atoms with Crippen LogP contribution in [-0.2, 0) is 0 Å². The first-order chi connectivity index (χ1) is 7.75. The van der Waals surface area contributed by atoms with Crippen LogP contribution in [0, 0.1) is 0 Å². The summed E-state index contributed by atoms with van der Waals surface area (Å²) in [5.74, 6) is 0. The average Bonchev–Trinajstić information content (AvgIpc) is 2.30. The summed E-state index contributed by atoms with van der Waals surface area (Å²) in [6.07, 6.45) is -1.05. The Balaban J connectivity index is 2.19. The van der Waals surface area contributed by atoms with Gasteiger partial charge in [0.05, 0.1) is 0 Å². The van der Waals surface area contributed by atoms with Crippen LogP contribution in [0.15, 0.2) is 48.7 Å². The minimum atomic E-state index is -2.49. The van der Waals surface area contributed by atoms with E-state index in [1.54, 1.807) is 6.07 Å². The molecule has 0 N–H and O–H groups in total. The Hall–Kier alpha value is -1.25. The van der Waals surface area contributed by atoms with Gasteiger partial charge in [0.2, 0.25) is 0 Å². The van der Waals surface area contributed by atoms with Gasteiger partial charge >= 0.3 is 98.4 Å². The minimum absolute atomic E-state index is 0.0633. The van der Waals surface area contributed by atoms with Crippen molar-refractivity contribution < 1.29 is 8.78 Å². The molecule has 2 aromatic rings. The van der Waals surface area contributed by atoms with Crippen molar-refractivity contribution >= 4 is 23.9 Å². The predicted molar refractivity (Wildman–Crippen MR) is 60.7 cm³/mol. The molecule has 0 bridgehead atoms. The number of alkyl halides is 2. The fraction of sp³-hybridized carbons (Fsp3) is 0.0833. The molecule has 0 amide bonds. The molecule has 1 aromatic carbocycles. The molecule has 0 aliphatic heterocycles. The van der Waals surface area contributed by atoms with Crippen molar-refractivity contribution in [2.24, 2.45) is 0 Å². The maximum absolute atomic E-state index is 12.4. The summed E-state index contributed by atoms with van der Waals surface area (Å²) in [5.41, 5.74) is -0.143. The third kappa shape index (κ3) is 2.87. The van der Waals surface area contributed by atoms with Gasteiger partial charge in [0.15, 0.2) is 0 Å². The van der Waals surface area contributed by atoms with Crippen molar-refractivity contribution in [2.75, 3.05) is 0 Å². The predicted octanol–water partition coefficient (Wildman–Crippen LogP) is 1.67. The molecule has 82 valence electrons. The number of halogens is 2. The Morgan fingerprint density at radius 1 is 1.00 bits per heavy atom. The van der Waals surface area contributed by atoms with E-state index in [1.807, 2.05) is 30.3 Å². The number of hydrogen-bond donors (Lipinski definition) is 0. The summed E-state index contributed by atoms with van der Waals surface area (Å²) >= 11 is 0.0633. The SMILES string of the molecule is FC(F)c1cc([Se]c2ccccc2)ccn1. The van der Waals surface area contributed by atoms with Crippen molar-refractivity contribution in [1.82, 2.24) is 4.98 Å². The molecule has 4 heteroatoms. The van der Waals surface area contributed by atoms with Gasteiger partial charge in [0, 0.05) is 0 Å². The third-order valence-corrected chi connectivity index (χ3v) is 4.05. The first-order valence-electron chi connectivity index (χ1n) is 4.73. The first-order valence-corrected chi connectivity index (χ1v) is 6.44. The van der Waals surface area contributed by atoms with Crippen molar-refractivity contribution in [3.05, 3.63) is 54.4 Å². The van der Waals surface area contributed by atoms with Crippen LogP contribution in [0.25, 0.3) is 0 Å². The third-order valence-electron chi connectivity index (χ3n) is 1.96. The molecule has 0 saturated heterocycles. The van der Waals surface area contributed by atoms with Crippen LogP contribution >= 0.6 is 0 Å². The molecule has 0 aliphatic carbocycles. The molecule has 0 radical (unpaired) electrons. The summed E-state index contributed by atoms with van der Waals surface area (Å²) < 4.78 is 26.9. The van der Waals surface area contributed by atoms with Crippen molar-refractivity contribution in [1.29, 1.82) is 0 Å². The average molecular weight is 284 g/mol. The summed E-state index contributed by atoms with van der Waals surface area (Å²) in [6.45, 7) is 0. The Labute approximate surface area is 98.7 Å². The van der Waals surface area contributed by atoms with E-state index < -0.39 is 6.43 Å². The van der Waals surface area contributed by atoms with Crippen LogP contribution in [0.3, 0.4) is 0 Å². The van der Waals surface area contributed by atoms with E-state index in [1.165, 1.54) is 16.7 Å². The fourth-order valence-electron chi connectivity index (χ4n) is 1.24. The molecule has 0 atom stereocenters. The van der Waals surface area contributed by atoms with E-state index in [-0.39, 0.29) is 20.7 Å². The first kappa shape index (κ1) is 11.2. The summed E-state index contributed by atoms with van der Waals surface area (Å²) in [5, 5.41) is 0. The second-order valence-electron chi connectivity index (χ2n) is 3.13. The van der Waals surface area contributed by atoms with E-state index >= 15 is 0 Å². The van der Waals surface area contributed by atoms with Crippen LogP contribution in [0.2, 0.25) is 0 Å². The number of aromatic nitrogens is 1. The Bertz CT molecular complexity index is 460. The number of nitrogens with zero attached hydrogens (tertiary/aromatic N) is 1. The Morgan fingerprint density at radius 2 is 1.75 bits per heavy atom. The van der Waals surface area contributed by atoms with Gasteiger partial charge in [-0.25, -0.2) is 0 Å². The van der Waals surface area contributed by atoms with Crippen LogP contribution in [-0.4, -0.2) is 19.9 Å². The Kier molecular flexibility index (Phi) is 3.65. The normalized spacial score (nSPS) is 10.7. The van der Waals surface area contributed by atoms with Crippen LogP contribution in [0.5, 0.6) is 0 Å². The van der Waals surface area contributed by atoms with E-state index in [4.69, 9.17) is 0 Å². The molecule has 0 spiro atoms. The number of pyridine rings is 1. The van der Waals surface area contributed by atoms with Gasteiger partial charge in [-0.3, -0.25) is 0 Å². The molecular formula is C12H9F2NSe. The maximum atomic E-state index is 12.4. The fourth-order valence-corrected chi connectivity index (χ4v) is 3.07. The topological polar surface area (TPSA) is 12.9 Å². The van der Waals surface area contributed by atoms with Gasteiger partial charge in [-0.2, -0.15) is 0 Å². The van der Waals surface area contributed by atoms with Gasteiger partial charge in [-0.15, -0.1) is 0 Å². The molecule has 2 rings (SSSR count). The second kappa shape index (κ2) is 5.19. The number of hydrogen-bond acceptors (Lipinski definition) is 1. The quantitative estimate of drug-likeness (QED) is 0.781. The van der Waals surface area contributed by atoms with Gasteiger partial charge in [-0.1, -0.05) is 0 Å². The zero-order chi connectivity index (χ0) is 11.4. The molecule has 1 nitrogen and oxygen atoms in total. The molecule has 0 unspecified atom stereocenters. The van der Waals surface area contributed by atoms with Gasteiger partial charge in [0.25, 0.3) is 0 Å². The summed E-state index contributed by atoms with van der Waals surface area (Å²) in [6, 6.07) is 13.1. The van der Waals surface area contributed by atoms with Gasteiger partial charge < -0.3 is 0 Å². The zero-order valence-electron chi connectivity index (χ0n) is 8.31. The molecule has 1 aromatic heterocycles. The van der Waals surface area contributed by atoms with Crippen LogP contribution in [0.1, 0.15) is 12.1 Å². The van der Waals surface area contributed by atoms with E-state index in [0.717, 1.165) is 4.46 Å². The molecule has 1 heterocycles. The van der Waals surface area contributed by atoms with Crippen molar-refractivity contribution in [3.8, 4) is 0 Å². The monoisotopic (exact) mass is 285 g/mol. The van der Waals surface area contributed by atoms with Gasteiger partial charge in [0.1, 0.15) is 0 Å². The standard InChI is InChI=1S/C12H9F2NSe/c13-12(14)11-8-10(6-7-15-11)16-9-4-2-1-3-5-9/h1-8,12H. The molecule has 16 heavy (non-hydrogen) atoms. The molecular weight excluding hydrogens is 275 g/mol. The Morgan fingerprint density at radius 3 is 2.44 bits per heavy atom. The van der Waals surface area contributed by atoms with Crippen molar-refractivity contribution in [3.63, 3.8) is 0 Å². The van der Waals surface area contributed by atoms with Crippen LogP contribution < -0.4 is 8.92 Å².